The lowest BCUT2D eigenvalue weighted by Crippen LogP contribution is -2.65. The molecular formula is C28H34N8. The summed E-state index contributed by atoms with van der Waals surface area (Å²) in [6, 6.07) is 15.8. The fourth-order valence-electron chi connectivity index (χ4n) is 6.14. The molecule has 1 N–H and O–H groups in total. The normalized spacial score (nSPS) is 23.4. The van der Waals surface area contributed by atoms with Gasteiger partial charge in [0.1, 0.15) is 11.9 Å². The number of nitrogens with zero attached hydrogens (tertiary/aromatic N) is 7. The summed E-state index contributed by atoms with van der Waals surface area (Å²) < 4.78 is 0. The van der Waals surface area contributed by atoms with Crippen LogP contribution in [0.5, 0.6) is 0 Å². The van der Waals surface area contributed by atoms with Crippen LogP contribution in [0.1, 0.15) is 18.1 Å². The van der Waals surface area contributed by atoms with Gasteiger partial charge in [-0.25, -0.2) is 4.98 Å². The molecule has 8 nitrogen and oxygen atoms in total. The molecule has 3 aromatic rings. The molecule has 3 fully saturated rings. The van der Waals surface area contributed by atoms with Crippen molar-refractivity contribution in [3.8, 4) is 6.07 Å². The highest BCUT2D eigenvalue weighted by atomic mass is 15.4. The Morgan fingerprint density at radius 2 is 1.86 bits per heavy atom. The summed E-state index contributed by atoms with van der Waals surface area (Å²) in [5.41, 5.74) is 3.91. The number of nitrogens with one attached hydrogen (secondary N) is 1. The summed E-state index contributed by atoms with van der Waals surface area (Å²) in [5.74, 6) is 1.09. The van der Waals surface area contributed by atoms with Gasteiger partial charge in [-0.15, -0.1) is 0 Å². The van der Waals surface area contributed by atoms with Crippen LogP contribution in [-0.2, 0) is 6.54 Å². The fourth-order valence-corrected chi connectivity index (χ4v) is 6.14. The average molecular weight is 483 g/mol. The molecule has 0 amide bonds. The van der Waals surface area contributed by atoms with Gasteiger partial charge in [0.15, 0.2) is 0 Å². The van der Waals surface area contributed by atoms with E-state index in [-0.39, 0.29) is 0 Å². The maximum atomic E-state index is 9.54. The van der Waals surface area contributed by atoms with Gasteiger partial charge < -0.3 is 15.1 Å². The first kappa shape index (κ1) is 23.2. The number of hydrogen-bond acceptors (Lipinski definition) is 8. The van der Waals surface area contributed by atoms with Crippen molar-refractivity contribution in [2.75, 3.05) is 68.7 Å². The third-order valence-corrected chi connectivity index (χ3v) is 7.96. The second-order valence-electron chi connectivity index (χ2n) is 10.3. The van der Waals surface area contributed by atoms with Crippen LogP contribution in [-0.4, -0.2) is 90.8 Å². The summed E-state index contributed by atoms with van der Waals surface area (Å²) in [6.07, 6.45) is 3.84. The fraction of sp³-hybridized carbons (Fsp3) is 0.464. The van der Waals surface area contributed by atoms with E-state index >= 15 is 0 Å². The van der Waals surface area contributed by atoms with Gasteiger partial charge in [-0.2, -0.15) is 5.26 Å². The molecule has 0 spiro atoms. The Balaban J connectivity index is 1.16. The lowest BCUT2D eigenvalue weighted by molar-refractivity contribution is 0.0317. The number of pyridine rings is 2. The number of piperazine rings is 3. The highest BCUT2D eigenvalue weighted by Crippen LogP contribution is 2.32. The van der Waals surface area contributed by atoms with E-state index in [4.69, 9.17) is 4.98 Å². The number of rotatable bonds is 4. The smallest absolute Gasteiger partial charge is 0.128 e. The van der Waals surface area contributed by atoms with Crippen molar-refractivity contribution < 1.29 is 0 Å². The largest absolute Gasteiger partial charge is 0.368 e. The second kappa shape index (κ2) is 10.0. The van der Waals surface area contributed by atoms with Crippen molar-refractivity contribution in [2.24, 2.45) is 0 Å². The Hall–Kier alpha value is -3.25. The van der Waals surface area contributed by atoms with E-state index in [0.29, 0.717) is 17.6 Å². The van der Waals surface area contributed by atoms with Crippen molar-refractivity contribution >= 4 is 22.4 Å². The van der Waals surface area contributed by atoms with Gasteiger partial charge in [-0.05, 0) is 42.8 Å². The molecule has 0 aliphatic carbocycles. The van der Waals surface area contributed by atoms with Crippen LogP contribution in [0.2, 0.25) is 0 Å². The molecule has 5 heterocycles. The zero-order valence-electron chi connectivity index (χ0n) is 21.0. The van der Waals surface area contributed by atoms with Gasteiger partial charge >= 0.3 is 0 Å². The monoisotopic (exact) mass is 482 g/mol. The van der Waals surface area contributed by atoms with Crippen LogP contribution >= 0.6 is 0 Å². The third-order valence-electron chi connectivity index (χ3n) is 7.96. The van der Waals surface area contributed by atoms with Crippen LogP contribution in [0.15, 0.2) is 48.8 Å². The van der Waals surface area contributed by atoms with E-state index in [0.717, 1.165) is 82.2 Å². The number of hydrogen-bond donors (Lipinski definition) is 1. The molecule has 1 aromatic carbocycles. The summed E-state index contributed by atoms with van der Waals surface area (Å²) in [5, 5.41) is 14.0. The van der Waals surface area contributed by atoms with Crippen molar-refractivity contribution in [3.05, 3.63) is 59.9 Å². The molecule has 0 saturated carbocycles. The lowest BCUT2D eigenvalue weighted by Gasteiger charge is -2.51. The minimum absolute atomic E-state index is 0.470. The topological polar surface area (TPSA) is 74.6 Å². The standard InChI is InChI=1S/C28H34N8/c1-21-17-35(26-6-5-23(15-29)28-25(26)3-2-8-31-28)20-24-19-33(13-14-36(21)24)18-22-4-7-27(32-16-22)34-11-9-30-10-12-34/h2-8,16,21,24,30H,9-14,17-20H2,1H3. The van der Waals surface area contributed by atoms with Crippen LogP contribution in [0.4, 0.5) is 11.5 Å². The molecule has 0 radical (unpaired) electrons. The van der Waals surface area contributed by atoms with Crippen molar-refractivity contribution in [3.63, 3.8) is 0 Å². The predicted octanol–water partition coefficient (Wildman–Crippen LogP) is 2.31. The number of nitriles is 1. The van der Waals surface area contributed by atoms with Crippen LogP contribution < -0.4 is 15.1 Å². The number of benzene rings is 1. The quantitative estimate of drug-likeness (QED) is 0.607. The highest BCUT2D eigenvalue weighted by molar-refractivity contribution is 5.95. The Morgan fingerprint density at radius 3 is 2.67 bits per heavy atom. The Kier molecular flexibility index (Phi) is 6.45. The molecule has 2 unspecified atom stereocenters. The van der Waals surface area contributed by atoms with E-state index in [1.165, 1.54) is 11.3 Å². The molecule has 3 saturated heterocycles. The molecule has 0 bridgehead atoms. The van der Waals surface area contributed by atoms with Gasteiger partial charge in [-0.3, -0.25) is 14.8 Å². The third kappa shape index (κ3) is 4.50. The molecule has 2 aromatic heterocycles. The van der Waals surface area contributed by atoms with E-state index < -0.39 is 0 Å². The van der Waals surface area contributed by atoms with Crippen LogP contribution in [0, 0.1) is 11.3 Å². The predicted molar refractivity (Wildman–Crippen MR) is 143 cm³/mol. The molecular weight excluding hydrogens is 448 g/mol. The van der Waals surface area contributed by atoms with E-state index in [1.807, 2.05) is 12.1 Å². The summed E-state index contributed by atoms with van der Waals surface area (Å²) in [4.78, 5) is 19.4. The van der Waals surface area contributed by atoms with Crippen molar-refractivity contribution in [2.45, 2.75) is 25.6 Å². The van der Waals surface area contributed by atoms with Gasteiger partial charge in [0.2, 0.25) is 0 Å². The molecule has 6 rings (SSSR count). The van der Waals surface area contributed by atoms with Crippen molar-refractivity contribution in [1.82, 2.24) is 25.1 Å². The number of aromatic nitrogens is 2. The first-order valence-electron chi connectivity index (χ1n) is 13.1. The summed E-state index contributed by atoms with van der Waals surface area (Å²) in [6.45, 7) is 12.6. The van der Waals surface area contributed by atoms with Gasteiger partial charge in [-0.1, -0.05) is 6.07 Å². The molecule has 8 heteroatoms. The average Bonchev–Trinajstić information content (AvgIpc) is 2.93. The molecule has 36 heavy (non-hydrogen) atoms. The maximum Gasteiger partial charge on any atom is 0.128 e. The Bertz CT molecular complexity index is 1250. The Labute approximate surface area is 213 Å². The minimum atomic E-state index is 0.470. The van der Waals surface area contributed by atoms with Gasteiger partial charge in [0, 0.05) is 101 Å². The van der Waals surface area contributed by atoms with Crippen LogP contribution in [0.3, 0.4) is 0 Å². The Morgan fingerprint density at radius 1 is 0.972 bits per heavy atom. The number of fused-ring (bicyclic) bond motifs is 2. The van der Waals surface area contributed by atoms with E-state index in [2.05, 4.69) is 73.4 Å². The first-order valence-corrected chi connectivity index (χ1v) is 13.1. The zero-order chi connectivity index (χ0) is 24.5. The number of anilines is 2. The molecule has 2 atom stereocenters. The summed E-state index contributed by atoms with van der Waals surface area (Å²) in [7, 11) is 0. The molecule has 3 aliphatic heterocycles. The zero-order valence-corrected chi connectivity index (χ0v) is 21.0. The minimum Gasteiger partial charge on any atom is -0.368 e. The highest BCUT2D eigenvalue weighted by Gasteiger charge is 2.36. The van der Waals surface area contributed by atoms with Crippen LogP contribution in [0.25, 0.3) is 10.9 Å². The molecule has 186 valence electrons. The lowest BCUT2D eigenvalue weighted by atomic mass is 10.0. The first-order chi connectivity index (χ1) is 17.7. The van der Waals surface area contributed by atoms with Gasteiger partial charge in [0.25, 0.3) is 0 Å². The van der Waals surface area contributed by atoms with E-state index in [1.54, 1.807) is 6.20 Å². The van der Waals surface area contributed by atoms with E-state index in [9.17, 15) is 5.26 Å². The van der Waals surface area contributed by atoms with Gasteiger partial charge in [0.05, 0.1) is 11.1 Å². The van der Waals surface area contributed by atoms with Crippen molar-refractivity contribution in [1.29, 1.82) is 5.26 Å². The second-order valence-corrected chi connectivity index (χ2v) is 10.3. The molecule has 3 aliphatic rings. The summed E-state index contributed by atoms with van der Waals surface area (Å²) >= 11 is 0. The SMILES string of the molecule is CC1CN(c2ccc(C#N)c3ncccc23)CC2CN(Cc3ccc(N4CCNCC4)nc3)CCN12. The maximum absolute atomic E-state index is 9.54.